The van der Waals surface area contributed by atoms with E-state index in [1.54, 1.807) is 6.07 Å². The lowest BCUT2D eigenvalue weighted by atomic mass is 10.1. The van der Waals surface area contributed by atoms with Crippen LogP contribution in [-0.2, 0) is 0 Å². The molecule has 4 nitrogen and oxygen atoms in total. The summed E-state index contributed by atoms with van der Waals surface area (Å²) in [4.78, 5) is 4.43. The first kappa shape index (κ1) is 12.9. The summed E-state index contributed by atoms with van der Waals surface area (Å²) in [7, 11) is 0. The van der Waals surface area contributed by atoms with Crippen LogP contribution in [0.3, 0.4) is 0 Å². The highest BCUT2D eigenvalue weighted by molar-refractivity contribution is 8.06. The fourth-order valence-corrected chi connectivity index (χ4v) is 4.53. The Hall–Kier alpha value is -1.14. The predicted molar refractivity (Wildman–Crippen MR) is 78.7 cm³/mol. The van der Waals surface area contributed by atoms with Gasteiger partial charge < -0.3 is 9.63 Å². The number of aromatic nitrogens is 2. The Bertz CT molecular complexity index is 580. The van der Waals surface area contributed by atoms with Gasteiger partial charge in [0, 0.05) is 17.3 Å². The summed E-state index contributed by atoms with van der Waals surface area (Å²) in [5, 5.41) is 14.4. The van der Waals surface area contributed by atoms with Crippen LogP contribution in [-0.4, -0.2) is 32.5 Å². The average molecular weight is 294 g/mol. The van der Waals surface area contributed by atoms with Crippen LogP contribution in [0.2, 0.25) is 0 Å². The van der Waals surface area contributed by atoms with Crippen molar-refractivity contribution in [2.75, 3.05) is 17.3 Å². The quantitative estimate of drug-likeness (QED) is 0.917. The normalized spacial score (nSPS) is 19.5. The van der Waals surface area contributed by atoms with Gasteiger partial charge >= 0.3 is 0 Å². The second-order valence-corrected chi connectivity index (χ2v) is 6.82. The minimum Gasteiger partial charge on any atom is -0.507 e. The van der Waals surface area contributed by atoms with E-state index in [9.17, 15) is 5.11 Å². The van der Waals surface area contributed by atoms with Gasteiger partial charge in [0.05, 0.1) is 10.8 Å². The summed E-state index contributed by atoms with van der Waals surface area (Å²) in [6.45, 7) is 1.85. The average Bonchev–Trinajstić information content (AvgIpc) is 2.92. The largest absolute Gasteiger partial charge is 0.507 e. The number of phenols is 1. The van der Waals surface area contributed by atoms with Crippen molar-refractivity contribution in [1.29, 1.82) is 0 Å². The first-order valence-electron chi connectivity index (χ1n) is 6.07. The Kier molecular flexibility index (Phi) is 3.70. The molecule has 3 rings (SSSR count). The van der Waals surface area contributed by atoms with E-state index in [-0.39, 0.29) is 5.75 Å². The number of para-hydroxylation sites is 1. The van der Waals surface area contributed by atoms with Gasteiger partial charge in [0.15, 0.2) is 5.82 Å². The topological polar surface area (TPSA) is 59.2 Å². The number of aryl methyl sites for hydroxylation is 1. The third kappa shape index (κ3) is 2.60. The Balaban J connectivity index is 1.90. The Morgan fingerprint density at radius 2 is 2.26 bits per heavy atom. The van der Waals surface area contributed by atoms with Gasteiger partial charge in [0.25, 0.3) is 5.89 Å². The molecule has 1 aliphatic rings. The highest BCUT2D eigenvalue weighted by Crippen LogP contribution is 2.37. The molecule has 0 saturated carbocycles. The molecule has 2 aromatic rings. The van der Waals surface area contributed by atoms with E-state index < -0.39 is 0 Å². The van der Waals surface area contributed by atoms with Crippen LogP contribution in [0.1, 0.15) is 16.6 Å². The van der Waals surface area contributed by atoms with Gasteiger partial charge in [-0.1, -0.05) is 17.3 Å². The van der Waals surface area contributed by atoms with Crippen LogP contribution in [0.5, 0.6) is 5.75 Å². The highest BCUT2D eigenvalue weighted by atomic mass is 32.2. The molecule has 0 aliphatic carbocycles. The number of rotatable bonds is 2. The smallest absolute Gasteiger partial charge is 0.261 e. The Morgan fingerprint density at radius 1 is 1.37 bits per heavy atom. The van der Waals surface area contributed by atoms with Crippen molar-refractivity contribution in [1.82, 2.24) is 10.1 Å². The zero-order valence-electron chi connectivity index (χ0n) is 10.5. The van der Waals surface area contributed by atoms with Crippen LogP contribution in [0.25, 0.3) is 11.5 Å². The Morgan fingerprint density at radius 3 is 3.05 bits per heavy atom. The molecular formula is C13H14N2O2S2. The molecule has 1 aromatic heterocycles. The highest BCUT2D eigenvalue weighted by Gasteiger charge is 2.23. The molecule has 2 heterocycles. The maximum absolute atomic E-state index is 10.0. The van der Waals surface area contributed by atoms with Crippen LogP contribution in [0.4, 0.5) is 0 Å². The van der Waals surface area contributed by atoms with Crippen LogP contribution >= 0.6 is 23.5 Å². The molecule has 1 aromatic carbocycles. The van der Waals surface area contributed by atoms with Gasteiger partial charge in [-0.15, -0.1) is 11.8 Å². The summed E-state index contributed by atoms with van der Waals surface area (Å²) >= 11 is 3.78. The predicted octanol–water partition coefficient (Wildman–Crippen LogP) is 3.27. The lowest BCUT2D eigenvalue weighted by molar-refractivity contribution is 0.417. The molecule has 1 unspecified atom stereocenters. The summed E-state index contributed by atoms with van der Waals surface area (Å²) in [5.41, 5.74) is 1.41. The molecule has 1 saturated heterocycles. The summed E-state index contributed by atoms with van der Waals surface area (Å²) in [6, 6.07) is 5.52. The van der Waals surface area contributed by atoms with Gasteiger partial charge in [0.2, 0.25) is 0 Å². The maximum atomic E-state index is 10.0. The van der Waals surface area contributed by atoms with Gasteiger partial charge in [-0.05, 0) is 18.6 Å². The van der Waals surface area contributed by atoms with Crippen molar-refractivity contribution in [3.8, 4) is 17.2 Å². The minimum absolute atomic E-state index is 0.211. The number of hydrogen-bond acceptors (Lipinski definition) is 6. The zero-order chi connectivity index (χ0) is 13.2. The molecular weight excluding hydrogens is 280 g/mol. The molecule has 0 bridgehead atoms. The van der Waals surface area contributed by atoms with E-state index >= 15 is 0 Å². The van der Waals surface area contributed by atoms with E-state index in [1.807, 2.05) is 42.6 Å². The Labute approximate surface area is 120 Å². The lowest BCUT2D eigenvalue weighted by Gasteiger charge is -2.16. The second kappa shape index (κ2) is 5.46. The summed E-state index contributed by atoms with van der Waals surface area (Å²) in [6.07, 6.45) is 0. The fourth-order valence-electron chi connectivity index (χ4n) is 1.94. The number of hydrogen-bond donors (Lipinski definition) is 1. The molecule has 0 amide bonds. The number of phenolic OH excluding ortho intramolecular Hbond substituents is 1. The molecule has 19 heavy (non-hydrogen) atoms. The first-order chi connectivity index (χ1) is 9.25. The number of aromatic hydroxyl groups is 1. The third-order valence-corrected chi connectivity index (χ3v) is 5.76. The first-order valence-corrected chi connectivity index (χ1v) is 8.28. The van der Waals surface area contributed by atoms with Crippen molar-refractivity contribution >= 4 is 23.5 Å². The van der Waals surface area contributed by atoms with Gasteiger partial charge in [-0.25, -0.2) is 0 Å². The number of nitrogens with zero attached hydrogens (tertiary/aromatic N) is 2. The van der Waals surface area contributed by atoms with Gasteiger partial charge in [-0.3, -0.25) is 0 Å². The molecule has 1 N–H and O–H groups in total. The SMILES string of the molecule is Cc1cccc(-c2nc(C3CSCCS3)no2)c1O. The van der Waals surface area contributed by atoms with E-state index in [2.05, 4.69) is 10.1 Å². The standard InChI is InChI=1S/C13H14N2O2S2/c1-8-3-2-4-9(11(8)16)13-14-12(15-17-13)10-7-18-5-6-19-10/h2-4,10,16H,5-7H2,1H3. The van der Waals surface area contributed by atoms with E-state index in [0.717, 1.165) is 22.9 Å². The van der Waals surface area contributed by atoms with Crippen LogP contribution in [0, 0.1) is 6.92 Å². The number of thioether (sulfide) groups is 2. The second-order valence-electron chi connectivity index (χ2n) is 4.36. The van der Waals surface area contributed by atoms with Crippen LogP contribution in [0.15, 0.2) is 22.7 Å². The van der Waals surface area contributed by atoms with Gasteiger partial charge in [0.1, 0.15) is 5.75 Å². The fraction of sp³-hybridized carbons (Fsp3) is 0.385. The number of benzene rings is 1. The van der Waals surface area contributed by atoms with Crippen molar-refractivity contribution in [2.45, 2.75) is 12.2 Å². The summed E-state index contributed by atoms with van der Waals surface area (Å²) < 4.78 is 5.30. The molecule has 0 radical (unpaired) electrons. The van der Waals surface area contributed by atoms with Crippen molar-refractivity contribution < 1.29 is 9.63 Å². The zero-order valence-corrected chi connectivity index (χ0v) is 12.1. The monoisotopic (exact) mass is 294 g/mol. The minimum atomic E-state index is 0.211. The van der Waals surface area contributed by atoms with E-state index in [0.29, 0.717) is 16.7 Å². The van der Waals surface area contributed by atoms with E-state index in [4.69, 9.17) is 4.52 Å². The molecule has 6 heteroatoms. The van der Waals surface area contributed by atoms with E-state index in [1.165, 1.54) is 5.75 Å². The van der Waals surface area contributed by atoms with Crippen molar-refractivity contribution in [3.63, 3.8) is 0 Å². The molecule has 1 aliphatic heterocycles. The summed E-state index contributed by atoms with van der Waals surface area (Å²) in [5.74, 6) is 4.66. The maximum Gasteiger partial charge on any atom is 0.261 e. The molecule has 100 valence electrons. The van der Waals surface area contributed by atoms with Crippen molar-refractivity contribution in [3.05, 3.63) is 29.6 Å². The molecule has 0 spiro atoms. The third-order valence-electron chi connectivity index (χ3n) is 3.01. The lowest BCUT2D eigenvalue weighted by Crippen LogP contribution is -2.07. The molecule has 1 fully saturated rings. The molecule has 1 atom stereocenters. The van der Waals surface area contributed by atoms with Gasteiger partial charge in [-0.2, -0.15) is 16.7 Å². The van der Waals surface area contributed by atoms with Crippen LogP contribution < -0.4 is 0 Å². The van der Waals surface area contributed by atoms with Crippen molar-refractivity contribution in [2.24, 2.45) is 0 Å².